The fraction of sp³-hybridized carbons (Fsp3) is 0.391. The lowest BCUT2D eigenvalue weighted by Crippen LogP contribution is -2.58. The molecule has 0 saturated carbocycles. The van der Waals surface area contributed by atoms with Crippen molar-refractivity contribution in [3.05, 3.63) is 60.2 Å². The first-order valence-corrected chi connectivity index (χ1v) is 10.8. The molecule has 1 fully saturated rings. The summed E-state index contributed by atoms with van der Waals surface area (Å²) in [4.78, 5) is 22.1. The summed E-state index contributed by atoms with van der Waals surface area (Å²) in [6, 6.07) is 6.15. The first-order valence-electron chi connectivity index (χ1n) is 10.8. The van der Waals surface area contributed by atoms with Crippen molar-refractivity contribution in [2.24, 2.45) is 5.92 Å². The van der Waals surface area contributed by atoms with E-state index >= 15 is 0 Å². The topological polar surface area (TPSA) is 94.0 Å². The summed E-state index contributed by atoms with van der Waals surface area (Å²) < 4.78 is 67.2. The van der Waals surface area contributed by atoms with Gasteiger partial charge >= 0.3 is 6.18 Å². The molecule has 3 rings (SSSR count). The largest absolute Gasteiger partial charge is 0.417 e. The van der Waals surface area contributed by atoms with Crippen LogP contribution in [0.4, 0.5) is 27.8 Å². The summed E-state index contributed by atoms with van der Waals surface area (Å²) in [7, 11) is 1.57. The average molecular weight is 496 g/mol. The minimum atomic E-state index is -4.54. The Balaban J connectivity index is 1.83. The summed E-state index contributed by atoms with van der Waals surface area (Å²) >= 11 is 0. The molecule has 35 heavy (non-hydrogen) atoms. The quantitative estimate of drug-likeness (QED) is 0.397. The number of anilines is 1. The number of aromatic nitrogens is 2. The van der Waals surface area contributed by atoms with Crippen molar-refractivity contribution in [3.8, 4) is 0 Å². The van der Waals surface area contributed by atoms with Gasteiger partial charge in [-0.1, -0.05) is 13.0 Å². The van der Waals surface area contributed by atoms with E-state index < -0.39 is 54.2 Å². The Morgan fingerprint density at radius 1 is 1.26 bits per heavy atom. The van der Waals surface area contributed by atoms with Crippen LogP contribution in [-0.4, -0.2) is 58.6 Å². The maximum absolute atomic E-state index is 14.5. The number of hydrogen-bond donors (Lipinski definition) is 3. The number of nitrogens with zero attached hydrogens (tertiary/aromatic N) is 3. The molecule has 3 heterocycles. The molecule has 188 valence electrons. The van der Waals surface area contributed by atoms with Crippen molar-refractivity contribution >= 4 is 23.0 Å². The molecule has 7 nitrogen and oxygen atoms in total. The molecule has 0 radical (unpaired) electrons. The summed E-state index contributed by atoms with van der Waals surface area (Å²) in [5.41, 5.74) is -0.977. The molecule has 12 heteroatoms. The van der Waals surface area contributed by atoms with Crippen LogP contribution >= 0.6 is 0 Å². The minimum Gasteiger partial charge on any atom is -0.393 e. The summed E-state index contributed by atoms with van der Waals surface area (Å²) in [5.74, 6) is -4.62. The SMILES string of the molecule is CN/C=C(\C(=N)C(=O)N1CC(F)(F)CC(C)C1CNc1ccc(C(F)(F)F)cn1)c1ccccn1. The smallest absolute Gasteiger partial charge is 0.393 e. The van der Waals surface area contributed by atoms with Gasteiger partial charge in [0.1, 0.15) is 11.5 Å². The third-order valence-electron chi connectivity index (χ3n) is 5.64. The number of halogens is 5. The highest BCUT2D eigenvalue weighted by molar-refractivity contribution is 6.54. The molecule has 0 aromatic carbocycles. The summed E-state index contributed by atoms with van der Waals surface area (Å²) in [5, 5.41) is 14.0. The minimum absolute atomic E-state index is 0.0384. The van der Waals surface area contributed by atoms with Gasteiger partial charge in [-0.25, -0.2) is 13.8 Å². The van der Waals surface area contributed by atoms with Crippen molar-refractivity contribution < 1.29 is 26.7 Å². The predicted molar refractivity (Wildman–Crippen MR) is 121 cm³/mol. The second-order valence-corrected chi connectivity index (χ2v) is 8.29. The number of amides is 1. The van der Waals surface area contributed by atoms with Gasteiger partial charge in [-0.15, -0.1) is 0 Å². The van der Waals surface area contributed by atoms with E-state index in [1.165, 1.54) is 12.4 Å². The highest BCUT2D eigenvalue weighted by Crippen LogP contribution is 2.35. The van der Waals surface area contributed by atoms with Gasteiger partial charge in [-0.2, -0.15) is 13.2 Å². The van der Waals surface area contributed by atoms with E-state index in [9.17, 15) is 26.7 Å². The first-order chi connectivity index (χ1) is 16.4. The van der Waals surface area contributed by atoms with Gasteiger partial charge in [0.05, 0.1) is 23.8 Å². The van der Waals surface area contributed by atoms with E-state index in [0.29, 0.717) is 11.9 Å². The Morgan fingerprint density at radius 2 is 2.00 bits per heavy atom. The Kier molecular flexibility index (Phi) is 7.71. The fourth-order valence-electron chi connectivity index (χ4n) is 3.95. The molecule has 0 spiro atoms. The number of piperidine rings is 1. The molecular weight excluding hydrogens is 471 g/mol. The molecule has 1 aliphatic rings. The molecule has 1 saturated heterocycles. The fourth-order valence-corrected chi connectivity index (χ4v) is 3.95. The van der Waals surface area contributed by atoms with Crippen molar-refractivity contribution in [3.63, 3.8) is 0 Å². The van der Waals surface area contributed by atoms with Crippen LogP contribution in [0.3, 0.4) is 0 Å². The van der Waals surface area contributed by atoms with Crippen LogP contribution < -0.4 is 10.6 Å². The number of carbonyl (C=O) groups is 1. The van der Waals surface area contributed by atoms with Gasteiger partial charge in [0, 0.05) is 44.2 Å². The zero-order valence-electron chi connectivity index (χ0n) is 19.0. The molecule has 2 unspecified atom stereocenters. The lowest BCUT2D eigenvalue weighted by atomic mass is 9.87. The van der Waals surface area contributed by atoms with Crippen LogP contribution in [0, 0.1) is 11.3 Å². The van der Waals surface area contributed by atoms with E-state index in [-0.39, 0.29) is 17.9 Å². The number of pyridine rings is 2. The van der Waals surface area contributed by atoms with Crippen LogP contribution in [0.15, 0.2) is 48.9 Å². The third kappa shape index (κ3) is 6.31. The van der Waals surface area contributed by atoms with E-state index in [0.717, 1.165) is 17.0 Å². The monoisotopic (exact) mass is 496 g/mol. The van der Waals surface area contributed by atoms with Crippen molar-refractivity contribution in [2.45, 2.75) is 31.5 Å². The zero-order valence-corrected chi connectivity index (χ0v) is 19.0. The van der Waals surface area contributed by atoms with Crippen LogP contribution in [0.5, 0.6) is 0 Å². The molecule has 3 N–H and O–H groups in total. The number of carbonyl (C=O) groups excluding carboxylic acids is 1. The lowest BCUT2D eigenvalue weighted by molar-refractivity contribution is -0.145. The van der Waals surface area contributed by atoms with E-state index in [4.69, 9.17) is 5.41 Å². The number of nitrogens with one attached hydrogen (secondary N) is 3. The highest BCUT2D eigenvalue weighted by Gasteiger charge is 2.46. The van der Waals surface area contributed by atoms with Crippen LogP contribution in [-0.2, 0) is 11.0 Å². The Labute approximate surface area is 199 Å². The first kappa shape index (κ1) is 26.0. The molecule has 2 atom stereocenters. The lowest BCUT2D eigenvalue weighted by Gasteiger charge is -2.43. The normalized spacial score (nSPS) is 20.3. The molecule has 2 aromatic rings. The van der Waals surface area contributed by atoms with E-state index in [2.05, 4.69) is 20.6 Å². The molecule has 0 bridgehead atoms. The Bertz CT molecular complexity index is 1070. The highest BCUT2D eigenvalue weighted by atomic mass is 19.4. The Hall–Kier alpha value is -3.57. The number of rotatable bonds is 7. The maximum Gasteiger partial charge on any atom is 0.417 e. The summed E-state index contributed by atoms with van der Waals surface area (Å²) in [6.07, 6.45) is -1.47. The van der Waals surface area contributed by atoms with Gasteiger partial charge in [0.15, 0.2) is 0 Å². The molecular formula is C23H25F5N6O. The third-order valence-corrected chi connectivity index (χ3v) is 5.64. The van der Waals surface area contributed by atoms with Gasteiger partial charge in [0.2, 0.25) is 0 Å². The van der Waals surface area contributed by atoms with Gasteiger partial charge in [0.25, 0.3) is 11.8 Å². The van der Waals surface area contributed by atoms with Crippen molar-refractivity contribution in [1.29, 1.82) is 5.41 Å². The van der Waals surface area contributed by atoms with E-state index in [1.54, 1.807) is 32.2 Å². The average Bonchev–Trinajstić information content (AvgIpc) is 2.80. The van der Waals surface area contributed by atoms with Gasteiger partial charge in [-0.3, -0.25) is 15.2 Å². The van der Waals surface area contributed by atoms with Crippen molar-refractivity contribution in [2.75, 3.05) is 25.5 Å². The second-order valence-electron chi connectivity index (χ2n) is 8.29. The standard InChI is InChI=1S/C23H25F5N6O/c1-14-9-22(24,25)13-34(18(14)12-33-19-7-6-15(10-32-19)23(26,27)28)21(35)20(29)16(11-30-2)17-5-3-4-8-31-17/h3-8,10-11,14,18,29-30H,9,12-13H2,1-2H3,(H,32,33)/b16-11-,29-20?. The van der Waals surface area contributed by atoms with Gasteiger partial charge in [-0.05, 0) is 30.2 Å². The van der Waals surface area contributed by atoms with Gasteiger partial charge < -0.3 is 15.5 Å². The van der Waals surface area contributed by atoms with Crippen LogP contribution in [0.2, 0.25) is 0 Å². The summed E-state index contributed by atoms with van der Waals surface area (Å²) in [6.45, 7) is 0.635. The van der Waals surface area contributed by atoms with Crippen molar-refractivity contribution in [1.82, 2.24) is 20.2 Å². The number of alkyl halides is 5. The molecule has 2 aromatic heterocycles. The predicted octanol–water partition coefficient (Wildman–Crippen LogP) is 4.06. The molecule has 1 amide bonds. The van der Waals surface area contributed by atoms with E-state index in [1.807, 2.05) is 0 Å². The van der Waals surface area contributed by atoms with Crippen LogP contribution in [0.25, 0.3) is 5.57 Å². The zero-order chi connectivity index (χ0) is 25.8. The molecule has 0 aliphatic carbocycles. The Morgan fingerprint density at radius 3 is 2.57 bits per heavy atom. The number of hydrogen-bond acceptors (Lipinski definition) is 6. The second kappa shape index (κ2) is 10.4. The number of likely N-dealkylation sites (tertiary alicyclic amines) is 1. The van der Waals surface area contributed by atoms with Crippen LogP contribution in [0.1, 0.15) is 24.6 Å². The molecule has 1 aliphatic heterocycles. The maximum atomic E-state index is 14.5.